The minimum Gasteiger partial charge on any atom is -0.495 e. The van der Waals surface area contributed by atoms with E-state index in [1.807, 2.05) is 18.2 Å². The van der Waals surface area contributed by atoms with Crippen molar-refractivity contribution in [3.63, 3.8) is 0 Å². The number of nitrogens with zero attached hydrogens (tertiary/aromatic N) is 2. The summed E-state index contributed by atoms with van der Waals surface area (Å²) >= 11 is 12.1. The fourth-order valence-corrected chi connectivity index (χ4v) is 2.73. The molecular weight excluding hydrogens is 375 g/mol. The minimum absolute atomic E-state index is 0.459. The van der Waals surface area contributed by atoms with Crippen LogP contribution >= 0.6 is 23.2 Å². The summed E-state index contributed by atoms with van der Waals surface area (Å²) in [4.78, 5) is 8.44. The fourth-order valence-electron chi connectivity index (χ4n) is 2.30. The Morgan fingerprint density at radius 1 is 0.846 bits per heavy atom. The van der Waals surface area contributed by atoms with E-state index in [0.29, 0.717) is 38.9 Å². The molecule has 3 rings (SSSR count). The number of halogens is 2. The predicted octanol–water partition coefficient (Wildman–Crippen LogP) is 5.29. The smallest absolute Gasteiger partial charge is 0.144 e. The Morgan fingerprint density at radius 2 is 1.58 bits per heavy atom. The monoisotopic (exact) mass is 390 g/mol. The highest BCUT2D eigenvalue weighted by atomic mass is 35.5. The van der Waals surface area contributed by atoms with Crippen LogP contribution in [0.25, 0.3) is 0 Å². The summed E-state index contributed by atoms with van der Waals surface area (Å²) in [6.07, 6.45) is 1.45. The standard InChI is InChI=1S/C18H16Cl2N4O2/c1-25-15-8-14(16(26-2)7-13(15)20)24-18-9-17(21-10-22-18)23-12-5-3-4-11(19)6-12/h3-10H,1-2H3,(H2,21,22,23,24). The van der Waals surface area contributed by atoms with Crippen molar-refractivity contribution >= 4 is 46.2 Å². The van der Waals surface area contributed by atoms with Gasteiger partial charge in [-0.15, -0.1) is 0 Å². The van der Waals surface area contributed by atoms with Crippen molar-refractivity contribution in [1.29, 1.82) is 0 Å². The van der Waals surface area contributed by atoms with Crippen molar-refractivity contribution in [1.82, 2.24) is 9.97 Å². The molecule has 0 radical (unpaired) electrons. The van der Waals surface area contributed by atoms with Gasteiger partial charge in [0.25, 0.3) is 0 Å². The second-order valence-electron chi connectivity index (χ2n) is 5.24. The lowest BCUT2D eigenvalue weighted by Gasteiger charge is -2.14. The summed E-state index contributed by atoms with van der Waals surface area (Å²) in [5, 5.41) is 7.46. The van der Waals surface area contributed by atoms with Crippen LogP contribution in [-0.2, 0) is 0 Å². The van der Waals surface area contributed by atoms with Crippen LogP contribution in [0.2, 0.25) is 10.0 Å². The molecule has 1 heterocycles. The molecule has 0 aliphatic carbocycles. The van der Waals surface area contributed by atoms with Gasteiger partial charge in [-0.05, 0) is 18.2 Å². The second kappa shape index (κ2) is 8.12. The van der Waals surface area contributed by atoms with Crippen molar-refractivity contribution in [2.45, 2.75) is 0 Å². The summed E-state index contributed by atoms with van der Waals surface area (Å²) in [6.45, 7) is 0. The minimum atomic E-state index is 0.459. The van der Waals surface area contributed by atoms with Gasteiger partial charge >= 0.3 is 0 Å². The molecule has 8 heteroatoms. The normalized spacial score (nSPS) is 10.3. The molecule has 26 heavy (non-hydrogen) atoms. The summed E-state index contributed by atoms with van der Waals surface area (Å²) in [5.41, 5.74) is 1.49. The highest BCUT2D eigenvalue weighted by Gasteiger charge is 2.11. The zero-order valence-electron chi connectivity index (χ0n) is 14.1. The topological polar surface area (TPSA) is 68.3 Å². The third kappa shape index (κ3) is 4.28. The van der Waals surface area contributed by atoms with Gasteiger partial charge in [0.2, 0.25) is 0 Å². The first-order chi connectivity index (χ1) is 12.6. The fraction of sp³-hybridized carbons (Fsp3) is 0.111. The Morgan fingerprint density at radius 3 is 2.27 bits per heavy atom. The first-order valence-corrected chi connectivity index (χ1v) is 8.38. The van der Waals surface area contributed by atoms with Crippen molar-refractivity contribution in [3.05, 3.63) is 58.8 Å². The summed E-state index contributed by atoms with van der Waals surface area (Å²) in [5.74, 6) is 2.29. The van der Waals surface area contributed by atoms with Gasteiger partial charge in [0.1, 0.15) is 29.5 Å². The lowest BCUT2D eigenvalue weighted by atomic mass is 10.2. The molecule has 0 aliphatic rings. The van der Waals surface area contributed by atoms with E-state index in [1.165, 1.54) is 6.33 Å². The van der Waals surface area contributed by atoms with E-state index in [0.717, 1.165) is 5.69 Å². The van der Waals surface area contributed by atoms with Gasteiger partial charge in [-0.25, -0.2) is 9.97 Å². The number of benzene rings is 2. The van der Waals surface area contributed by atoms with Gasteiger partial charge in [-0.3, -0.25) is 0 Å². The highest BCUT2D eigenvalue weighted by molar-refractivity contribution is 6.32. The molecule has 0 spiro atoms. The van der Waals surface area contributed by atoms with E-state index < -0.39 is 0 Å². The van der Waals surface area contributed by atoms with Crippen molar-refractivity contribution < 1.29 is 9.47 Å². The van der Waals surface area contributed by atoms with Crippen LogP contribution in [-0.4, -0.2) is 24.2 Å². The molecule has 1 aromatic heterocycles. The molecule has 3 aromatic rings. The lowest BCUT2D eigenvalue weighted by Crippen LogP contribution is -2.00. The summed E-state index contributed by atoms with van der Waals surface area (Å²) in [7, 11) is 3.12. The van der Waals surface area contributed by atoms with E-state index in [-0.39, 0.29) is 0 Å². The predicted molar refractivity (Wildman–Crippen MR) is 105 cm³/mol. The van der Waals surface area contributed by atoms with Gasteiger partial charge in [0.15, 0.2) is 0 Å². The zero-order valence-corrected chi connectivity index (χ0v) is 15.6. The molecule has 6 nitrogen and oxygen atoms in total. The Kier molecular flexibility index (Phi) is 5.65. The van der Waals surface area contributed by atoms with Crippen molar-refractivity contribution in [3.8, 4) is 11.5 Å². The maximum absolute atomic E-state index is 6.13. The molecule has 0 atom stereocenters. The maximum Gasteiger partial charge on any atom is 0.144 e. The first-order valence-electron chi connectivity index (χ1n) is 7.62. The first kappa shape index (κ1) is 18.1. The molecule has 0 amide bonds. The number of methoxy groups -OCH3 is 2. The second-order valence-corrected chi connectivity index (χ2v) is 6.08. The van der Waals surface area contributed by atoms with E-state index in [9.17, 15) is 0 Å². The quantitative estimate of drug-likeness (QED) is 0.595. The number of aromatic nitrogens is 2. The molecule has 0 saturated carbocycles. The number of hydrogen-bond donors (Lipinski definition) is 2. The van der Waals surface area contributed by atoms with Crippen LogP contribution in [0.1, 0.15) is 0 Å². The van der Waals surface area contributed by atoms with Gasteiger partial charge < -0.3 is 20.1 Å². The van der Waals surface area contributed by atoms with Gasteiger partial charge in [0.05, 0.1) is 24.9 Å². The molecule has 0 aliphatic heterocycles. The SMILES string of the molecule is COc1cc(Nc2cc(Nc3cccc(Cl)c3)ncn2)c(OC)cc1Cl. The van der Waals surface area contributed by atoms with Crippen LogP contribution in [0, 0.1) is 0 Å². The van der Waals surface area contributed by atoms with Gasteiger partial charge in [-0.2, -0.15) is 0 Å². The van der Waals surface area contributed by atoms with E-state index in [1.54, 1.807) is 38.5 Å². The van der Waals surface area contributed by atoms with Crippen molar-refractivity contribution in [2.24, 2.45) is 0 Å². The van der Waals surface area contributed by atoms with Crippen LogP contribution in [0.4, 0.5) is 23.0 Å². The number of anilines is 4. The Labute approximate surface area is 161 Å². The molecule has 0 saturated heterocycles. The maximum atomic E-state index is 6.13. The molecule has 0 bridgehead atoms. The van der Waals surface area contributed by atoms with Crippen molar-refractivity contribution in [2.75, 3.05) is 24.9 Å². The van der Waals surface area contributed by atoms with Crippen LogP contribution in [0.3, 0.4) is 0 Å². The molecule has 0 unspecified atom stereocenters. The van der Waals surface area contributed by atoms with E-state index in [4.69, 9.17) is 32.7 Å². The van der Waals surface area contributed by atoms with Gasteiger partial charge in [-0.1, -0.05) is 29.3 Å². The molecule has 2 aromatic carbocycles. The molecular formula is C18H16Cl2N4O2. The number of hydrogen-bond acceptors (Lipinski definition) is 6. The molecule has 134 valence electrons. The Balaban J connectivity index is 1.85. The van der Waals surface area contributed by atoms with Crippen LogP contribution in [0.15, 0.2) is 48.8 Å². The average molecular weight is 391 g/mol. The number of ether oxygens (including phenoxy) is 2. The Bertz CT molecular complexity index is 921. The Hall–Kier alpha value is -2.70. The summed E-state index contributed by atoms with van der Waals surface area (Å²) < 4.78 is 10.6. The number of rotatable bonds is 6. The molecule has 2 N–H and O–H groups in total. The van der Waals surface area contributed by atoms with Crippen LogP contribution in [0.5, 0.6) is 11.5 Å². The largest absolute Gasteiger partial charge is 0.495 e. The van der Waals surface area contributed by atoms with Gasteiger partial charge in [0, 0.05) is 28.9 Å². The third-order valence-electron chi connectivity index (χ3n) is 3.50. The summed E-state index contributed by atoms with van der Waals surface area (Å²) in [6, 6.07) is 12.6. The van der Waals surface area contributed by atoms with Crippen LogP contribution < -0.4 is 20.1 Å². The third-order valence-corrected chi connectivity index (χ3v) is 4.03. The highest BCUT2D eigenvalue weighted by Crippen LogP contribution is 2.37. The number of nitrogens with one attached hydrogen (secondary N) is 2. The lowest BCUT2D eigenvalue weighted by molar-refractivity contribution is 0.405. The molecule has 0 fully saturated rings. The average Bonchev–Trinajstić information content (AvgIpc) is 2.63. The van der Waals surface area contributed by atoms with E-state index in [2.05, 4.69) is 20.6 Å². The zero-order chi connectivity index (χ0) is 18.5. The van der Waals surface area contributed by atoms with E-state index >= 15 is 0 Å².